The summed E-state index contributed by atoms with van der Waals surface area (Å²) in [6.07, 6.45) is 4.03. The molecule has 0 spiro atoms. The van der Waals surface area contributed by atoms with Crippen LogP contribution in [-0.2, 0) is 6.42 Å². The van der Waals surface area contributed by atoms with E-state index in [9.17, 15) is 4.79 Å². The minimum absolute atomic E-state index is 0.0916. The molecule has 1 aliphatic carbocycles. The van der Waals surface area contributed by atoms with Crippen LogP contribution in [0.25, 0.3) is 10.9 Å². The van der Waals surface area contributed by atoms with E-state index in [1.807, 2.05) is 36.2 Å². The Balaban J connectivity index is 1.21. The summed E-state index contributed by atoms with van der Waals surface area (Å²) in [7, 11) is 1.86. The number of likely N-dealkylation sites (tertiary alicyclic amines) is 1. The van der Waals surface area contributed by atoms with Gasteiger partial charge in [0.1, 0.15) is 5.82 Å². The van der Waals surface area contributed by atoms with Crippen molar-refractivity contribution in [2.45, 2.75) is 37.8 Å². The number of urea groups is 1. The van der Waals surface area contributed by atoms with Crippen LogP contribution in [0.1, 0.15) is 36.4 Å². The number of hydrogen-bond donors (Lipinski definition) is 3. The third-order valence-electron chi connectivity index (χ3n) is 7.24. The Labute approximate surface area is 200 Å². The maximum atomic E-state index is 12.8. The molecule has 178 valence electrons. The summed E-state index contributed by atoms with van der Waals surface area (Å²) in [4.78, 5) is 21.7. The molecule has 3 N–H and O–H groups in total. The van der Waals surface area contributed by atoms with Crippen molar-refractivity contribution in [1.29, 1.82) is 0 Å². The maximum Gasteiger partial charge on any atom is 0.321 e. The lowest BCUT2D eigenvalue weighted by Crippen LogP contribution is -2.47. The van der Waals surface area contributed by atoms with Crippen LogP contribution in [0.2, 0.25) is 0 Å². The number of rotatable bonds is 6. The maximum absolute atomic E-state index is 12.8. The summed E-state index contributed by atoms with van der Waals surface area (Å²) >= 11 is 0. The zero-order valence-electron chi connectivity index (χ0n) is 19.7. The van der Waals surface area contributed by atoms with Crippen molar-refractivity contribution in [3.8, 4) is 0 Å². The number of piperidine rings is 1. The van der Waals surface area contributed by atoms with Gasteiger partial charge in [-0.15, -0.1) is 0 Å². The fourth-order valence-corrected chi connectivity index (χ4v) is 5.22. The fraction of sp³-hybridized carbons (Fsp3) is 0.407. The van der Waals surface area contributed by atoms with Crippen molar-refractivity contribution in [3.05, 3.63) is 65.7 Å². The van der Waals surface area contributed by atoms with Crippen LogP contribution >= 0.6 is 0 Å². The van der Waals surface area contributed by atoms with Gasteiger partial charge in [0.25, 0.3) is 0 Å². The quantitative estimate of drug-likeness (QED) is 0.513. The monoisotopic (exact) mass is 459 g/mol. The van der Waals surface area contributed by atoms with Crippen molar-refractivity contribution in [2.24, 2.45) is 0 Å². The molecule has 1 aliphatic heterocycles. The molecule has 0 saturated carbocycles. The van der Waals surface area contributed by atoms with Crippen LogP contribution < -0.4 is 10.6 Å². The van der Waals surface area contributed by atoms with E-state index in [2.05, 4.69) is 45.9 Å². The van der Waals surface area contributed by atoms with E-state index in [0.717, 1.165) is 61.2 Å². The summed E-state index contributed by atoms with van der Waals surface area (Å²) < 4.78 is 0. The molecule has 1 saturated heterocycles. The fourth-order valence-electron chi connectivity index (χ4n) is 5.22. The third-order valence-corrected chi connectivity index (χ3v) is 7.24. The molecule has 5 rings (SSSR count). The van der Waals surface area contributed by atoms with E-state index < -0.39 is 0 Å². The van der Waals surface area contributed by atoms with Crippen LogP contribution in [0.5, 0.6) is 0 Å². The highest BCUT2D eigenvalue weighted by Gasteiger charge is 2.25. The van der Waals surface area contributed by atoms with E-state index in [1.54, 1.807) is 0 Å². The van der Waals surface area contributed by atoms with Crippen molar-refractivity contribution < 1.29 is 9.90 Å². The number of aryl methyl sites for hydroxylation is 1. The van der Waals surface area contributed by atoms with Crippen LogP contribution in [0.4, 0.5) is 16.3 Å². The van der Waals surface area contributed by atoms with Gasteiger partial charge in [-0.3, -0.25) is 0 Å². The number of β-amino-alcohol motifs (C(OH)–C–C–N with tert-alkyl or cyclic N) is 1. The number of aromatic nitrogens is 1. The Morgan fingerprint density at radius 1 is 1.12 bits per heavy atom. The number of aliphatic hydroxyl groups excluding tert-OH is 1. The molecule has 1 fully saturated rings. The molecule has 2 aromatic carbocycles. The molecule has 1 atom stereocenters. The summed E-state index contributed by atoms with van der Waals surface area (Å²) in [5, 5.41) is 16.7. The highest BCUT2D eigenvalue weighted by atomic mass is 16.3. The standard InChI is InChI=1S/C27H33N5O2/c1-31(22-12-14-32(15-13-22)16-17-33)27(34)28-21-8-10-24-20(18-21)7-11-26(29-24)30-25-9-6-19-4-2-3-5-23(19)25/h2-5,7-8,10-11,18,22,25,33H,6,9,12-17H2,1H3,(H,28,34)(H,29,30). The third kappa shape index (κ3) is 4.86. The second-order valence-electron chi connectivity index (χ2n) is 9.38. The first-order valence-corrected chi connectivity index (χ1v) is 12.2. The average Bonchev–Trinajstić information content (AvgIpc) is 3.27. The van der Waals surface area contributed by atoms with E-state index in [4.69, 9.17) is 10.1 Å². The minimum atomic E-state index is -0.0916. The number of fused-ring (bicyclic) bond motifs is 2. The van der Waals surface area contributed by atoms with Crippen LogP contribution in [0.3, 0.4) is 0 Å². The summed E-state index contributed by atoms with van der Waals surface area (Å²) in [6.45, 7) is 2.71. The van der Waals surface area contributed by atoms with Gasteiger partial charge < -0.3 is 25.5 Å². The van der Waals surface area contributed by atoms with E-state index >= 15 is 0 Å². The number of anilines is 2. The van der Waals surface area contributed by atoms with Gasteiger partial charge in [-0.1, -0.05) is 24.3 Å². The number of nitrogens with zero attached hydrogens (tertiary/aromatic N) is 3. The zero-order valence-corrected chi connectivity index (χ0v) is 19.7. The van der Waals surface area contributed by atoms with Crippen molar-refractivity contribution in [2.75, 3.05) is 43.9 Å². The van der Waals surface area contributed by atoms with E-state index in [1.165, 1.54) is 11.1 Å². The smallest absolute Gasteiger partial charge is 0.321 e. The Kier molecular flexibility index (Phi) is 6.65. The number of pyridine rings is 1. The largest absolute Gasteiger partial charge is 0.395 e. The van der Waals surface area contributed by atoms with Gasteiger partial charge in [0.2, 0.25) is 0 Å². The molecule has 1 unspecified atom stereocenters. The highest BCUT2D eigenvalue weighted by Crippen LogP contribution is 2.33. The van der Waals surface area contributed by atoms with Gasteiger partial charge >= 0.3 is 6.03 Å². The highest BCUT2D eigenvalue weighted by molar-refractivity contribution is 5.93. The number of nitrogens with one attached hydrogen (secondary N) is 2. The summed E-state index contributed by atoms with van der Waals surface area (Å²) in [6, 6.07) is 19.0. The van der Waals surface area contributed by atoms with Crippen molar-refractivity contribution in [3.63, 3.8) is 0 Å². The number of carbonyl (C=O) groups is 1. The van der Waals surface area contributed by atoms with Gasteiger partial charge in [0, 0.05) is 43.8 Å². The Hall–Kier alpha value is -3.16. The number of amides is 2. The van der Waals surface area contributed by atoms with Gasteiger partial charge in [0.15, 0.2) is 0 Å². The first-order chi connectivity index (χ1) is 16.6. The lowest BCUT2D eigenvalue weighted by molar-refractivity contribution is 0.123. The SMILES string of the molecule is CN(C(=O)Nc1ccc2nc(NC3CCc4ccccc43)ccc2c1)C1CCN(CCO)CC1. The second kappa shape index (κ2) is 9.99. The first kappa shape index (κ1) is 22.6. The minimum Gasteiger partial charge on any atom is -0.395 e. The first-order valence-electron chi connectivity index (χ1n) is 12.2. The lowest BCUT2D eigenvalue weighted by atomic mass is 10.0. The molecule has 7 heteroatoms. The molecule has 2 amide bonds. The van der Waals surface area contributed by atoms with Crippen LogP contribution in [0, 0.1) is 0 Å². The Bertz CT molecular complexity index is 1160. The van der Waals surface area contributed by atoms with Gasteiger partial charge in [0.05, 0.1) is 18.2 Å². The molecule has 2 aliphatic rings. The topological polar surface area (TPSA) is 80.7 Å². The lowest BCUT2D eigenvalue weighted by Gasteiger charge is -2.36. The van der Waals surface area contributed by atoms with E-state index in [0.29, 0.717) is 12.6 Å². The number of hydrogen-bond acceptors (Lipinski definition) is 5. The van der Waals surface area contributed by atoms with Crippen LogP contribution in [0.15, 0.2) is 54.6 Å². The number of benzene rings is 2. The molecule has 1 aromatic heterocycles. The van der Waals surface area contributed by atoms with Gasteiger partial charge in [-0.2, -0.15) is 0 Å². The zero-order chi connectivity index (χ0) is 23.5. The molecule has 7 nitrogen and oxygen atoms in total. The molecule has 0 radical (unpaired) electrons. The molecule has 3 aromatic rings. The van der Waals surface area contributed by atoms with Gasteiger partial charge in [-0.05, 0) is 67.1 Å². The summed E-state index contributed by atoms with van der Waals surface area (Å²) in [5.74, 6) is 0.873. The molecular formula is C27H33N5O2. The second-order valence-corrected chi connectivity index (χ2v) is 9.38. The van der Waals surface area contributed by atoms with E-state index in [-0.39, 0.29) is 18.7 Å². The van der Waals surface area contributed by atoms with Crippen LogP contribution in [-0.4, -0.2) is 65.3 Å². The number of carbonyl (C=O) groups excluding carboxylic acids is 1. The Morgan fingerprint density at radius 3 is 2.76 bits per heavy atom. The average molecular weight is 460 g/mol. The Morgan fingerprint density at radius 2 is 1.94 bits per heavy atom. The normalized spacial score (nSPS) is 18.6. The molecule has 0 bridgehead atoms. The predicted molar refractivity (Wildman–Crippen MR) is 136 cm³/mol. The van der Waals surface area contributed by atoms with Crippen molar-refractivity contribution >= 4 is 28.4 Å². The summed E-state index contributed by atoms with van der Waals surface area (Å²) in [5.41, 5.74) is 4.46. The van der Waals surface area contributed by atoms with Crippen molar-refractivity contribution in [1.82, 2.24) is 14.8 Å². The molecule has 34 heavy (non-hydrogen) atoms. The molecular weight excluding hydrogens is 426 g/mol. The predicted octanol–water partition coefficient (Wildman–Crippen LogP) is 4.25. The molecule has 2 heterocycles. The number of aliphatic hydroxyl groups is 1. The van der Waals surface area contributed by atoms with Gasteiger partial charge in [-0.25, -0.2) is 9.78 Å².